The van der Waals surface area contributed by atoms with Gasteiger partial charge in [-0.1, -0.05) is 0 Å². The topological polar surface area (TPSA) is 92.8 Å². The Kier molecular flexibility index (Phi) is 4.50. The van der Waals surface area contributed by atoms with E-state index in [0.717, 1.165) is 0 Å². The van der Waals surface area contributed by atoms with Gasteiger partial charge in [0, 0.05) is 17.3 Å². The standard InChI is InChI=1S/C17H23NO5/c1-6-22-15(19)12(17(4,5)21)10-9-23-14-11(16(2,3)20)7-8-18-13(10)14/h7-9,12,20-21H,6H2,1-5H3. The van der Waals surface area contributed by atoms with Crippen LogP contribution in [0.2, 0.25) is 0 Å². The first-order chi connectivity index (χ1) is 10.6. The molecular formula is C17H23NO5. The van der Waals surface area contributed by atoms with Crippen molar-refractivity contribution >= 4 is 17.1 Å². The van der Waals surface area contributed by atoms with Crippen LogP contribution in [0.3, 0.4) is 0 Å². The summed E-state index contributed by atoms with van der Waals surface area (Å²) in [5.41, 5.74) is -0.637. The van der Waals surface area contributed by atoms with E-state index in [1.807, 2.05) is 0 Å². The molecule has 6 heteroatoms. The van der Waals surface area contributed by atoms with Crippen molar-refractivity contribution in [1.82, 2.24) is 4.98 Å². The van der Waals surface area contributed by atoms with Gasteiger partial charge in [0.2, 0.25) is 0 Å². The predicted octanol–water partition coefficient (Wildman–Crippen LogP) is 2.47. The number of esters is 1. The largest absolute Gasteiger partial charge is 0.465 e. The Morgan fingerprint density at radius 2 is 2.00 bits per heavy atom. The van der Waals surface area contributed by atoms with Crippen molar-refractivity contribution in [2.45, 2.75) is 51.7 Å². The van der Waals surface area contributed by atoms with E-state index in [4.69, 9.17) is 9.15 Å². The number of rotatable bonds is 5. The molecule has 0 aromatic carbocycles. The molecule has 0 saturated heterocycles. The lowest BCUT2D eigenvalue weighted by molar-refractivity contribution is -0.150. The number of aromatic nitrogens is 1. The monoisotopic (exact) mass is 321 g/mol. The first kappa shape index (κ1) is 17.4. The molecule has 2 N–H and O–H groups in total. The number of carbonyl (C=O) groups is 1. The van der Waals surface area contributed by atoms with E-state index < -0.39 is 23.1 Å². The Balaban J connectivity index is 2.64. The summed E-state index contributed by atoms with van der Waals surface area (Å²) < 4.78 is 10.7. The Morgan fingerprint density at radius 1 is 1.35 bits per heavy atom. The second-order valence-corrected chi connectivity index (χ2v) is 6.63. The van der Waals surface area contributed by atoms with Crippen molar-refractivity contribution in [3.63, 3.8) is 0 Å². The zero-order valence-electron chi connectivity index (χ0n) is 14.1. The van der Waals surface area contributed by atoms with Crippen molar-refractivity contribution in [1.29, 1.82) is 0 Å². The molecule has 0 radical (unpaired) electrons. The Morgan fingerprint density at radius 3 is 2.52 bits per heavy atom. The second-order valence-electron chi connectivity index (χ2n) is 6.63. The van der Waals surface area contributed by atoms with Crippen molar-refractivity contribution in [2.24, 2.45) is 0 Å². The number of furan rings is 1. The highest BCUT2D eigenvalue weighted by Crippen LogP contribution is 2.37. The second kappa shape index (κ2) is 5.94. The number of ether oxygens (including phenoxy) is 1. The lowest BCUT2D eigenvalue weighted by atomic mass is 9.85. The summed E-state index contributed by atoms with van der Waals surface area (Å²) in [6.45, 7) is 8.27. The van der Waals surface area contributed by atoms with E-state index >= 15 is 0 Å². The maximum atomic E-state index is 12.3. The SMILES string of the molecule is CCOC(=O)C(c1coc2c(C(C)(C)O)ccnc12)C(C)(C)O. The van der Waals surface area contributed by atoms with Gasteiger partial charge in [-0.25, -0.2) is 0 Å². The van der Waals surface area contributed by atoms with Gasteiger partial charge in [0.25, 0.3) is 0 Å². The van der Waals surface area contributed by atoms with Crippen LogP contribution >= 0.6 is 0 Å². The number of nitrogens with zero attached hydrogens (tertiary/aromatic N) is 1. The van der Waals surface area contributed by atoms with Crippen LogP contribution in [0.1, 0.15) is 51.7 Å². The summed E-state index contributed by atoms with van der Waals surface area (Å²) in [5.74, 6) is -1.48. The Hall–Kier alpha value is -1.92. The van der Waals surface area contributed by atoms with E-state index in [1.54, 1.807) is 33.0 Å². The molecule has 6 nitrogen and oxygen atoms in total. The molecule has 126 valence electrons. The zero-order valence-corrected chi connectivity index (χ0v) is 14.1. The minimum absolute atomic E-state index is 0.212. The first-order valence-corrected chi connectivity index (χ1v) is 7.55. The average molecular weight is 321 g/mol. The van der Waals surface area contributed by atoms with Gasteiger partial charge in [-0.2, -0.15) is 0 Å². The first-order valence-electron chi connectivity index (χ1n) is 7.55. The molecule has 0 fully saturated rings. The smallest absolute Gasteiger partial charge is 0.316 e. The Bertz CT molecular complexity index is 706. The number of aliphatic hydroxyl groups is 2. The number of fused-ring (bicyclic) bond motifs is 1. The molecule has 0 aliphatic rings. The van der Waals surface area contributed by atoms with E-state index in [-0.39, 0.29) is 6.61 Å². The lowest BCUT2D eigenvalue weighted by Crippen LogP contribution is -2.35. The van der Waals surface area contributed by atoms with Crippen molar-refractivity contribution in [3.8, 4) is 0 Å². The summed E-state index contributed by atoms with van der Waals surface area (Å²) in [4.78, 5) is 16.6. The van der Waals surface area contributed by atoms with Crippen molar-refractivity contribution in [2.75, 3.05) is 6.61 Å². The predicted molar refractivity (Wildman–Crippen MR) is 84.9 cm³/mol. The van der Waals surface area contributed by atoms with Crippen LogP contribution < -0.4 is 0 Å². The summed E-state index contributed by atoms with van der Waals surface area (Å²) >= 11 is 0. The molecule has 2 aromatic heterocycles. The van der Waals surface area contributed by atoms with Crippen molar-refractivity contribution in [3.05, 3.63) is 29.7 Å². The van der Waals surface area contributed by atoms with Crippen LogP contribution in [0.25, 0.3) is 11.1 Å². The van der Waals surface area contributed by atoms with Crippen LogP contribution in [-0.4, -0.2) is 33.4 Å². The van der Waals surface area contributed by atoms with Gasteiger partial charge < -0.3 is 19.4 Å². The molecule has 0 saturated carbocycles. The third-order valence-electron chi connectivity index (χ3n) is 3.68. The highest BCUT2D eigenvalue weighted by Gasteiger charge is 2.39. The molecule has 0 aliphatic heterocycles. The fraction of sp³-hybridized carbons (Fsp3) is 0.529. The third-order valence-corrected chi connectivity index (χ3v) is 3.68. The number of hydrogen-bond donors (Lipinski definition) is 2. The van der Waals surface area contributed by atoms with Gasteiger partial charge in [0.1, 0.15) is 11.4 Å². The summed E-state index contributed by atoms with van der Waals surface area (Å²) in [6.07, 6.45) is 2.94. The molecule has 23 heavy (non-hydrogen) atoms. The molecule has 0 amide bonds. The molecule has 1 unspecified atom stereocenters. The van der Waals surface area contributed by atoms with Crippen LogP contribution in [-0.2, 0) is 15.1 Å². The minimum Gasteiger partial charge on any atom is -0.465 e. The molecule has 2 aromatic rings. The summed E-state index contributed by atoms with van der Waals surface area (Å²) in [5, 5.41) is 20.7. The lowest BCUT2D eigenvalue weighted by Gasteiger charge is -2.26. The average Bonchev–Trinajstić information content (AvgIpc) is 2.80. The van der Waals surface area contributed by atoms with Crippen molar-refractivity contribution < 1.29 is 24.2 Å². The van der Waals surface area contributed by atoms with E-state index in [2.05, 4.69) is 4.98 Å². The molecule has 2 rings (SSSR count). The molecule has 0 aliphatic carbocycles. The quantitative estimate of drug-likeness (QED) is 0.822. The van der Waals surface area contributed by atoms with Gasteiger partial charge in [0.15, 0.2) is 5.58 Å². The van der Waals surface area contributed by atoms with Crippen LogP contribution in [0, 0.1) is 0 Å². The zero-order chi connectivity index (χ0) is 17.4. The van der Waals surface area contributed by atoms with E-state index in [1.165, 1.54) is 20.1 Å². The number of hydrogen-bond acceptors (Lipinski definition) is 6. The van der Waals surface area contributed by atoms with E-state index in [0.29, 0.717) is 22.2 Å². The van der Waals surface area contributed by atoms with Gasteiger partial charge in [-0.3, -0.25) is 9.78 Å². The summed E-state index contributed by atoms with van der Waals surface area (Å²) in [7, 11) is 0. The van der Waals surface area contributed by atoms with Gasteiger partial charge in [0.05, 0.1) is 24.1 Å². The molecular weight excluding hydrogens is 298 g/mol. The number of pyridine rings is 1. The highest BCUT2D eigenvalue weighted by molar-refractivity contribution is 5.88. The molecule has 1 atom stereocenters. The number of carbonyl (C=O) groups excluding carboxylic acids is 1. The molecule has 0 spiro atoms. The fourth-order valence-electron chi connectivity index (χ4n) is 2.66. The summed E-state index contributed by atoms with van der Waals surface area (Å²) in [6, 6.07) is 1.67. The maximum absolute atomic E-state index is 12.3. The Labute approximate surface area is 135 Å². The third kappa shape index (κ3) is 3.38. The van der Waals surface area contributed by atoms with Crippen LogP contribution in [0.4, 0.5) is 0 Å². The normalized spacial score (nSPS) is 14.0. The van der Waals surface area contributed by atoms with Crippen LogP contribution in [0.15, 0.2) is 22.9 Å². The minimum atomic E-state index is -1.35. The maximum Gasteiger partial charge on any atom is 0.316 e. The van der Waals surface area contributed by atoms with Crippen LogP contribution in [0.5, 0.6) is 0 Å². The highest BCUT2D eigenvalue weighted by atomic mass is 16.5. The van der Waals surface area contributed by atoms with Gasteiger partial charge in [-0.15, -0.1) is 0 Å². The van der Waals surface area contributed by atoms with Gasteiger partial charge >= 0.3 is 5.97 Å². The van der Waals surface area contributed by atoms with E-state index in [9.17, 15) is 15.0 Å². The molecule has 2 heterocycles. The fourth-order valence-corrected chi connectivity index (χ4v) is 2.66. The van der Waals surface area contributed by atoms with Gasteiger partial charge in [-0.05, 0) is 40.7 Å². The molecule has 0 bridgehead atoms.